The summed E-state index contributed by atoms with van der Waals surface area (Å²) in [7, 11) is 0. The fourth-order valence-corrected chi connectivity index (χ4v) is 4.95. The highest BCUT2D eigenvalue weighted by Crippen LogP contribution is 2.34. The number of hydrogen-bond donors (Lipinski definition) is 3. The van der Waals surface area contributed by atoms with E-state index in [-0.39, 0.29) is 5.82 Å². The van der Waals surface area contributed by atoms with Gasteiger partial charge in [-0.2, -0.15) is 5.10 Å². The van der Waals surface area contributed by atoms with Gasteiger partial charge in [0.15, 0.2) is 0 Å². The zero-order chi connectivity index (χ0) is 28.2. The number of nitrogens with one attached hydrogen (secondary N) is 3. The average molecular weight is 541 g/mol. The van der Waals surface area contributed by atoms with Gasteiger partial charge in [-0.25, -0.2) is 14.4 Å². The highest BCUT2D eigenvalue weighted by Gasteiger charge is 2.17. The summed E-state index contributed by atoms with van der Waals surface area (Å²) in [4.78, 5) is 12.8. The number of nitrogens with zero attached hydrogens (tertiary/aromatic N) is 3. The van der Waals surface area contributed by atoms with Gasteiger partial charge in [0, 0.05) is 30.2 Å². The average Bonchev–Trinajstić information content (AvgIpc) is 3.63. The van der Waals surface area contributed by atoms with Gasteiger partial charge in [0.2, 0.25) is 0 Å². The maximum absolute atomic E-state index is 14.6. The number of aromatic nitrogens is 5. The largest absolute Gasteiger partial charge is 0.338 e. The number of benzene rings is 2. The van der Waals surface area contributed by atoms with Crippen LogP contribution in [0, 0.1) is 5.82 Å². The quantitative estimate of drug-likeness (QED) is 0.165. The summed E-state index contributed by atoms with van der Waals surface area (Å²) in [6, 6.07) is 24.8. The Balaban J connectivity index is 1.31. The van der Waals surface area contributed by atoms with Crippen molar-refractivity contribution in [2.45, 2.75) is 13.5 Å². The number of allylic oxidation sites excluding steroid dienone is 3. The molecule has 6 aromatic rings. The van der Waals surface area contributed by atoms with E-state index in [1.807, 2.05) is 67.6 Å². The minimum atomic E-state index is -0.277. The first-order valence-corrected chi connectivity index (χ1v) is 13.5. The van der Waals surface area contributed by atoms with Crippen LogP contribution < -0.4 is 5.32 Å². The van der Waals surface area contributed by atoms with Crippen LogP contribution in [0.25, 0.3) is 50.2 Å². The SMILES string of the molecule is C=C/C(=C\C(=C/C)c1ccc2[nH]nc(-c3cc4c(-c5ccccc5F)ccnc4[nH]3)c2n1)CNCc1ccccc1. The molecule has 0 bridgehead atoms. The topological polar surface area (TPSA) is 82.3 Å². The number of aromatic amines is 2. The zero-order valence-electron chi connectivity index (χ0n) is 22.7. The molecule has 4 heterocycles. The molecule has 0 atom stereocenters. The first kappa shape index (κ1) is 26.1. The van der Waals surface area contributed by atoms with E-state index in [9.17, 15) is 4.39 Å². The van der Waals surface area contributed by atoms with Gasteiger partial charge in [-0.3, -0.25) is 5.10 Å². The first-order valence-electron chi connectivity index (χ1n) is 13.5. The van der Waals surface area contributed by atoms with Crippen molar-refractivity contribution in [3.8, 4) is 22.5 Å². The zero-order valence-corrected chi connectivity index (χ0v) is 22.7. The van der Waals surface area contributed by atoms with Crippen LogP contribution in [0.2, 0.25) is 0 Å². The molecule has 6 rings (SSSR count). The molecule has 0 fully saturated rings. The third-order valence-electron chi connectivity index (χ3n) is 7.07. The molecule has 3 N–H and O–H groups in total. The minimum Gasteiger partial charge on any atom is -0.338 e. The first-order chi connectivity index (χ1) is 20.1. The van der Waals surface area contributed by atoms with Crippen LogP contribution in [-0.2, 0) is 6.54 Å². The van der Waals surface area contributed by atoms with Gasteiger partial charge in [0.25, 0.3) is 0 Å². The molecular formula is C34H29FN6. The van der Waals surface area contributed by atoms with Gasteiger partial charge in [-0.15, -0.1) is 0 Å². The van der Waals surface area contributed by atoms with E-state index < -0.39 is 0 Å². The van der Waals surface area contributed by atoms with Gasteiger partial charge in [0.05, 0.1) is 16.9 Å². The Hall–Kier alpha value is -5.14. The number of fused-ring (bicyclic) bond motifs is 2. The third-order valence-corrected chi connectivity index (χ3v) is 7.07. The molecule has 0 unspecified atom stereocenters. The van der Waals surface area contributed by atoms with Gasteiger partial charge < -0.3 is 10.3 Å². The lowest BCUT2D eigenvalue weighted by Crippen LogP contribution is -2.16. The van der Waals surface area contributed by atoms with Crippen molar-refractivity contribution < 1.29 is 4.39 Å². The molecule has 6 nitrogen and oxygen atoms in total. The van der Waals surface area contributed by atoms with Gasteiger partial charge in [-0.1, -0.05) is 67.3 Å². The molecule has 0 saturated carbocycles. The Kier molecular flexibility index (Phi) is 7.34. The lowest BCUT2D eigenvalue weighted by atomic mass is 10.0. The second kappa shape index (κ2) is 11.5. The molecule has 4 aromatic heterocycles. The lowest BCUT2D eigenvalue weighted by Gasteiger charge is -2.08. The van der Waals surface area contributed by atoms with E-state index in [1.54, 1.807) is 18.3 Å². The van der Waals surface area contributed by atoms with Crippen molar-refractivity contribution in [2.75, 3.05) is 6.54 Å². The van der Waals surface area contributed by atoms with E-state index in [1.165, 1.54) is 11.6 Å². The summed E-state index contributed by atoms with van der Waals surface area (Å²) in [6.45, 7) is 7.47. The molecular weight excluding hydrogens is 511 g/mol. The van der Waals surface area contributed by atoms with Crippen molar-refractivity contribution in [1.82, 2.24) is 30.5 Å². The van der Waals surface area contributed by atoms with E-state index in [0.717, 1.165) is 51.1 Å². The van der Waals surface area contributed by atoms with Crippen molar-refractivity contribution >= 4 is 27.6 Å². The molecule has 0 aliphatic heterocycles. The third kappa shape index (κ3) is 5.35. The highest BCUT2D eigenvalue weighted by molar-refractivity contribution is 5.99. The predicted octanol–water partition coefficient (Wildman–Crippen LogP) is 7.61. The molecule has 2 aromatic carbocycles. The molecule has 0 spiro atoms. The van der Waals surface area contributed by atoms with Crippen LogP contribution in [0.1, 0.15) is 18.2 Å². The predicted molar refractivity (Wildman–Crippen MR) is 164 cm³/mol. The van der Waals surface area contributed by atoms with E-state index in [0.29, 0.717) is 23.4 Å². The van der Waals surface area contributed by atoms with E-state index in [4.69, 9.17) is 4.98 Å². The molecule has 7 heteroatoms. The number of rotatable bonds is 9. The standard InChI is InChI=1S/C34H29FN6/c1-3-22(20-36-21-23-10-6-5-7-11-23)18-24(4-2)29-14-15-30-32(38-29)33(41-40-30)31-19-27-25(16-17-37-34(27)39-31)26-12-8-9-13-28(26)35/h3-19,36H,1,20-21H2,2H3,(H,37,39)(H,40,41)/b22-18+,24-4+. The smallest absolute Gasteiger partial charge is 0.138 e. The Morgan fingerprint density at radius 3 is 2.63 bits per heavy atom. The van der Waals surface area contributed by atoms with Gasteiger partial charge in [0.1, 0.15) is 22.7 Å². The van der Waals surface area contributed by atoms with E-state index >= 15 is 0 Å². The van der Waals surface area contributed by atoms with Gasteiger partial charge in [-0.05, 0) is 65.6 Å². The van der Waals surface area contributed by atoms with Crippen LogP contribution in [0.5, 0.6) is 0 Å². The molecule has 0 aliphatic carbocycles. The fraction of sp³-hybridized carbons (Fsp3) is 0.0882. The van der Waals surface area contributed by atoms with Crippen molar-refractivity contribution in [2.24, 2.45) is 0 Å². The van der Waals surface area contributed by atoms with Crippen LogP contribution in [0.15, 0.2) is 115 Å². The molecule has 0 radical (unpaired) electrons. The van der Waals surface area contributed by atoms with Crippen molar-refractivity contribution in [3.63, 3.8) is 0 Å². The molecule has 0 aliphatic rings. The summed E-state index contributed by atoms with van der Waals surface area (Å²) in [5, 5.41) is 12.0. The second-order valence-electron chi connectivity index (χ2n) is 9.71. The minimum absolute atomic E-state index is 0.277. The number of pyridine rings is 2. The molecule has 0 saturated heterocycles. The summed E-state index contributed by atoms with van der Waals surface area (Å²) >= 11 is 0. The maximum atomic E-state index is 14.6. The van der Waals surface area contributed by atoms with Crippen LogP contribution in [-0.4, -0.2) is 31.7 Å². The van der Waals surface area contributed by atoms with Crippen molar-refractivity contribution in [1.29, 1.82) is 0 Å². The molecule has 0 amide bonds. The van der Waals surface area contributed by atoms with E-state index in [2.05, 4.69) is 50.3 Å². The number of H-pyrrole nitrogens is 2. The summed E-state index contributed by atoms with van der Waals surface area (Å²) in [6.07, 6.45) is 7.70. The highest BCUT2D eigenvalue weighted by atomic mass is 19.1. The summed E-state index contributed by atoms with van der Waals surface area (Å²) < 4.78 is 14.6. The molecule has 202 valence electrons. The number of hydrogen-bond acceptors (Lipinski definition) is 4. The monoisotopic (exact) mass is 540 g/mol. The molecule has 41 heavy (non-hydrogen) atoms. The van der Waals surface area contributed by atoms with Crippen LogP contribution in [0.3, 0.4) is 0 Å². The van der Waals surface area contributed by atoms with Crippen LogP contribution in [0.4, 0.5) is 4.39 Å². The number of halogens is 1. The van der Waals surface area contributed by atoms with Crippen molar-refractivity contribution in [3.05, 3.63) is 133 Å². The normalized spacial score (nSPS) is 12.3. The Morgan fingerprint density at radius 2 is 1.83 bits per heavy atom. The second-order valence-corrected chi connectivity index (χ2v) is 9.71. The summed E-state index contributed by atoms with van der Waals surface area (Å²) in [5.74, 6) is -0.277. The Bertz CT molecular complexity index is 1910. The maximum Gasteiger partial charge on any atom is 0.138 e. The van der Waals surface area contributed by atoms with Gasteiger partial charge >= 0.3 is 0 Å². The Labute approximate surface area is 237 Å². The lowest BCUT2D eigenvalue weighted by molar-refractivity contribution is 0.631. The summed E-state index contributed by atoms with van der Waals surface area (Å²) in [5.41, 5.74) is 9.02. The Morgan fingerprint density at radius 1 is 1.00 bits per heavy atom. The van der Waals surface area contributed by atoms with Crippen LogP contribution >= 0.6 is 0 Å². The fourth-order valence-electron chi connectivity index (χ4n) is 4.95.